The molecule has 2 amide bonds. The Morgan fingerprint density at radius 2 is 1.87 bits per heavy atom. The van der Waals surface area contributed by atoms with E-state index in [-0.39, 0.29) is 11.8 Å². The Kier molecular flexibility index (Phi) is 5.55. The van der Waals surface area contributed by atoms with Crippen molar-refractivity contribution in [1.29, 1.82) is 0 Å². The number of rotatable bonds is 4. The van der Waals surface area contributed by atoms with Gasteiger partial charge in [0.05, 0.1) is 11.3 Å². The zero-order valence-corrected chi connectivity index (χ0v) is 13.6. The zero-order valence-electron chi connectivity index (χ0n) is 12.9. The molecular weight excluding hydrogens is 312 g/mol. The van der Waals surface area contributed by atoms with Gasteiger partial charge in [-0.15, -0.1) is 0 Å². The Labute approximate surface area is 140 Å². The highest BCUT2D eigenvalue weighted by Gasteiger charge is 2.10. The molecule has 2 N–H and O–H groups in total. The summed E-state index contributed by atoms with van der Waals surface area (Å²) in [6.07, 6.45) is 3.07. The van der Waals surface area contributed by atoms with Gasteiger partial charge >= 0.3 is 0 Å². The molecule has 0 aliphatic rings. The van der Waals surface area contributed by atoms with Gasteiger partial charge in [0.1, 0.15) is 0 Å². The van der Waals surface area contributed by atoms with Crippen molar-refractivity contribution in [3.8, 4) is 0 Å². The third-order valence-corrected chi connectivity index (χ3v) is 3.69. The Bertz CT molecular complexity index is 769. The van der Waals surface area contributed by atoms with E-state index in [1.807, 2.05) is 19.1 Å². The third-order valence-electron chi connectivity index (χ3n) is 3.28. The molecule has 0 fully saturated rings. The molecule has 0 aliphatic carbocycles. The van der Waals surface area contributed by atoms with Crippen LogP contribution in [0.2, 0.25) is 5.02 Å². The average Bonchev–Trinajstić information content (AvgIpc) is 2.55. The number of hydrogen-bond donors (Lipinski definition) is 2. The van der Waals surface area contributed by atoms with Gasteiger partial charge in [-0.3, -0.25) is 9.59 Å². The molecule has 0 saturated carbocycles. The summed E-state index contributed by atoms with van der Waals surface area (Å²) in [7, 11) is 1.54. The first-order valence-corrected chi connectivity index (χ1v) is 7.45. The molecule has 0 bridgehead atoms. The molecule has 0 radical (unpaired) electrons. The molecule has 5 heteroatoms. The molecule has 0 atom stereocenters. The van der Waals surface area contributed by atoms with E-state index in [1.165, 1.54) is 6.08 Å². The number of aryl methyl sites for hydroxylation is 1. The van der Waals surface area contributed by atoms with Crippen LogP contribution >= 0.6 is 11.6 Å². The monoisotopic (exact) mass is 328 g/mol. The molecule has 2 aromatic rings. The van der Waals surface area contributed by atoms with Crippen LogP contribution in [0.1, 0.15) is 21.5 Å². The number of carbonyl (C=O) groups is 2. The predicted octanol–water partition coefficient (Wildman–Crippen LogP) is 3.66. The minimum Gasteiger partial charge on any atom is -0.355 e. The SMILES string of the molecule is CNC(=O)c1ccccc1NC(=O)/C=C/c1ccc(C)c(Cl)c1. The van der Waals surface area contributed by atoms with Crippen molar-refractivity contribution >= 4 is 35.2 Å². The second-order valence-electron chi connectivity index (χ2n) is 4.96. The van der Waals surface area contributed by atoms with Gasteiger partial charge in [0.15, 0.2) is 0 Å². The van der Waals surface area contributed by atoms with E-state index in [4.69, 9.17) is 11.6 Å². The maximum Gasteiger partial charge on any atom is 0.253 e. The van der Waals surface area contributed by atoms with E-state index < -0.39 is 0 Å². The minimum atomic E-state index is -0.321. The van der Waals surface area contributed by atoms with Crippen molar-refractivity contribution in [3.63, 3.8) is 0 Å². The number of hydrogen-bond acceptors (Lipinski definition) is 2. The number of benzene rings is 2. The fraction of sp³-hybridized carbons (Fsp3) is 0.111. The molecule has 2 aromatic carbocycles. The van der Waals surface area contributed by atoms with Gasteiger partial charge < -0.3 is 10.6 Å². The summed E-state index contributed by atoms with van der Waals surface area (Å²) in [5, 5.41) is 5.89. The van der Waals surface area contributed by atoms with Gasteiger partial charge in [0, 0.05) is 18.1 Å². The normalized spacial score (nSPS) is 10.6. The summed E-state index contributed by atoms with van der Waals surface area (Å²) in [6.45, 7) is 1.91. The van der Waals surface area contributed by atoms with E-state index in [1.54, 1.807) is 43.5 Å². The Hall–Kier alpha value is -2.59. The van der Waals surface area contributed by atoms with Gasteiger partial charge in [-0.05, 0) is 42.3 Å². The van der Waals surface area contributed by atoms with Crippen LogP contribution in [0.15, 0.2) is 48.5 Å². The van der Waals surface area contributed by atoms with Crippen molar-refractivity contribution in [2.75, 3.05) is 12.4 Å². The highest BCUT2D eigenvalue weighted by Crippen LogP contribution is 2.18. The number of nitrogens with one attached hydrogen (secondary N) is 2. The maximum atomic E-state index is 12.0. The quantitative estimate of drug-likeness (QED) is 0.841. The van der Waals surface area contributed by atoms with Crippen molar-refractivity contribution in [2.24, 2.45) is 0 Å². The summed E-state index contributed by atoms with van der Waals surface area (Å²) in [5.74, 6) is -0.576. The van der Waals surface area contributed by atoms with Gasteiger partial charge in [-0.1, -0.05) is 35.9 Å². The lowest BCUT2D eigenvalue weighted by Crippen LogP contribution is -2.20. The van der Waals surface area contributed by atoms with Crippen molar-refractivity contribution in [1.82, 2.24) is 5.32 Å². The summed E-state index contributed by atoms with van der Waals surface area (Å²) in [4.78, 5) is 23.8. The van der Waals surface area contributed by atoms with Gasteiger partial charge in [-0.25, -0.2) is 0 Å². The fourth-order valence-corrected chi connectivity index (χ4v) is 2.17. The molecule has 0 aromatic heterocycles. The maximum absolute atomic E-state index is 12.0. The predicted molar refractivity (Wildman–Crippen MR) is 93.7 cm³/mol. The Morgan fingerprint density at radius 3 is 2.57 bits per heavy atom. The third kappa shape index (κ3) is 4.44. The van der Waals surface area contributed by atoms with Gasteiger partial charge in [0.25, 0.3) is 5.91 Å². The molecule has 2 rings (SSSR count). The number of halogens is 1. The Balaban J connectivity index is 2.12. The summed E-state index contributed by atoms with van der Waals surface area (Å²) in [5.41, 5.74) is 2.68. The summed E-state index contributed by atoms with van der Waals surface area (Å²) in [6, 6.07) is 12.4. The van der Waals surface area contributed by atoms with Crippen LogP contribution in [-0.2, 0) is 4.79 Å². The van der Waals surface area contributed by atoms with Crippen LogP contribution in [0, 0.1) is 6.92 Å². The molecule has 0 unspecified atom stereocenters. The van der Waals surface area contributed by atoms with Gasteiger partial charge in [-0.2, -0.15) is 0 Å². The first-order chi connectivity index (χ1) is 11.0. The number of anilines is 1. The molecule has 4 nitrogen and oxygen atoms in total. The van der Waals surface area contributed by atoms with E-state index in [0.717, 1.165) is 11.1 Å². The van der Waals surface area contributed by atoms with Gasteiger partial charge in [0.2, 0.25) is 5.91 Å². The van der Waals surface area contributed by atoms with Crippen LogP contribution in [0.4, 0.5) is 5.69 Å². The molecular formula is C18H17ClN2O2. The fourth-order valence-electron chi connectivity index (χ4n) is 1.98. The van der Waals surface area contributed by atoms with Crippen LogP contribution in [0.25, 0.3) is 6.08 Å². The van der Waals surface area contributed by atoms with Crippen LogP contribution in [-0.4, -0.2) is 18.9 Å². The van der Waals surface area contributed by atoms with E-state index in [0.29, 0.717) is 16.3 Å². The highest BCUT2D eigenvalue weighted by atomic mass is 35.5. The molecule has 0 spiro atoms. The lowest BCUT2D eigenvalue weighted by atomic mass is 10.1. The van der Waals surface area contributed by atoms with Crippen molar-refractivity contribution in [2.45, 2.75) is 6.92 Å². The Morgan fingerprint density at radius 1 is 1.13 bits per heavy atom. The zero-order chi connectivity index (χ0) is 16.8. The molecule has 0 heterocycles. The number of carbonyl (C=O) groups excluding carboxylic acids is 2. The summed E-state index contributed by atoms with van der Waals surface area (Å²) < 4.78 is 0. The second kappa shape index (κ2) is 7.61. The van der Waals surface area contributed by atoms with Crippen molar-refractivity contribution in [3.05, 3.63) is 70.3 Å². The van der Waals surface area contributed by atoms with Crippen molar-refractivity contribution < 1.29 is 9.59 Å². The topological polar surface area (TPSA) is 58.2 Å². The largest absolute Gasteiger partial charge is 0.355 e. The molecule has 0 aliphatic heterocycles. The van der Waals surface area contributed by atoms with Crippen LogP contribution in [0.5, 0.6) is 0 Å². The average molecular weight is 329 g/mol. The van der Waals surface area contributed by atoms with E-state index >= 15 is 0 Å². The highest BCUT2D eigenvalue weighted by molar-refractivity contribution is 6.31. The first-order valence-electron chi connectivity index (χ1n) is 7.07. The molecule has 118 valence electrons. The van der Waals surface area contributed by atoms with E-state index in [9.17, 15) is 9.59 Å². The minimum absolute atomic E-state index is 0.254. The lowest BCUT2D eigenvalue weighted by molar-refractivity contribution is -0.111. The van der Waals surface area contributed by atoms with Crippen LogP contribution < -0.4 is 10.6 Å². The molecule has 23 heavy (non-hydrogen) atoms. The first kappa shape index (κ1) is 16.8. The van der Waals surface area contributed by atoms with E-state index in [2.05, 4.69) is 10.6 Å². The summed E-state index contributed by atoms with van der Waals surface area (Å²) >= 11 is 6.05. The van der Waals surface area contributed by atoms with Crippen LogP contribution in [0.3, 0.4) is 0 Å². The number of para-hydroxylation sites is 1. The standard InChI is InChI=1S/C18H17ClN2O2/c1-12-7-8-13(11-15(12)19)9-10-17(22)21-16-6-4-3-5-14(16)18(23)20-2/h3-11H,1-2H3,(H,20,23)(H,21,22)/b10-9+. The number of amides is 2. The lowest BCUT2D eigenvalue weighted by Gasteiger charge is -2.08. The second-order valence-corrected chi connectivity index (χ2v) is 5.36. The molecule has 0 saturated heterocycles. The smallest absolute Gasteiger partial charge is 0.253 e.